The molecule has 0 radical (unpaired) electrons. The van der Waals surface area contributed by atoms with E-state index in [0.29, 0.717) is 0 Å². The minimum Gasteiger partial charge on any atom is -0.328 e. The van der Waals surface area contributed by atoms with Crippen molar-refractivity contribution in [3.63, 3.8) is 0 Å². The van der Waals surface area contributed by atoms with Crippen molar-refractivity contribution in [2.24, 2.45) is 0 Å². The van der Waals surface area contributed by atoms with Gasteiger partial charge in [0.05, 0.1) is 27.2 Å². The number of hydrogen-bond donors (Lipinski definition) is 0. The molecule has 0 heterocycles. The Morgan fingerprint density at radius 3 is 1.27 bits per heavy atom. The first-order valence-corrected chi connectivity index (χ1v) is 10.3. The van der Waals surface area contributed by atoms with Crippen LogP contribution in [0.25, 0.3) is 0 Å². The highest BCUT2D eigenvalue weighted by Gasteiger charge is 2.21. The zero-order chi connectivity index (χ0) is 16.7. The Kier molecular flexibility index (Phi) is 14.5. The molecule has 0 spiro atoms. The summed E-state index contributed by atoms with van der Waals surface area (Å²) >= 11 is 0. The number of unbranched alkanes of at least 4 members (excludes halogenated alkanes) is 11. The molecule has 0 aromatic heterocycles. The molecule has 0 N–H and O–H groups in total. The Labute approximate surface area is 142 Å². The lowest BCUT2D eigenvalue weighted by atomic mass is 10.00. The quantitative estimate of drug-likeness (QED) is 0.213. The van der Waals surface area contributed by atoms with E-state index in [2.05, 4.69) is 35.0 Å². The van der Waals surface area contributed by atoms with Gasteiger partial charge < -0.3 is 4.48 Å². The van der Waals surface area contributed by atoms with E-state index in [1.54, 1.807) is 0 Å². The number of rotatable bonds is 16. The van der Waals surface area contributed by atoms with Crippen LogP contribution in [0.1, 0.15) is 110 Å². The molecule has 1 unspecified atom stereocenters. The molecular weight excluding hydrogens is 266 g/mol. The van der Waals surface area contributed by atoms with Gasteiger partial charge in [-0.2, -0.15) is 0 Å². The third kappa shape index (κ3) is 13.6. The highest BCUT2D eigenvalue weighted by Crippen LogP contribution is 2.18. The van der Waals surface area contributed by atoms with E-state index >= 15 is 0 Å². The molecule has 0 aliphatic heterocycles. The zero-order valence-corrected chi connectivity index (χ0v) is 16.6. The third-order valence-corrected chi connectivity index (χ3v) is 5.11. The maximum Gasteiger partial charge on any atom is 0.0884 e. The van der Waals surface area contributed by atoms with Crippen molar-refractivity contribution in [1.29, 1.82) is 0 Å². The highest BCUT2D eigenvalue weighted by molar-refractivity contribution is 4.58. The summed E-state index contributed by atoms with van der Waals surface area (Å²) in [7, 11) is 7.09. The molecular formula is C21H46N+. The van der Waals surface area contributed by atoms with Crippen molar-refractivity contribution in [3.05, 3.63) is 0 Å². The van der Waals surface area contributed by atoms with Crippen molar-refractivity contribution in [2.75, 3.05) is 21.1 Å². The Morgan fingerprint density at radius 1 is 0.500 bits per heavy atom. The molecule has 134 valence electrons. The van der Waals surface area contributed by atoms with Crippen LogP contribution in [0.15, 0.2) is 0 Å². The summed E-state index contributed by atoms with van der Waals surface area (Å²) in [5.41, 5.74) is 0. The largest absolute Gasteiger partial charge is 0.328 e. The molecule has 0 amide bonds. The first-order chi connectivity index (χ1) is 10.5. The van der Waals surface area contributed by atoms with Crippen molar-refractivity contribution in [1.82, 2.24) is 0 Å². The SMILES string of the molecule is CCCCCCCCCCCCCCC(CCC)[N+](C)(C)C. The fourth-order valence-electron chi connectivity index (χ4n) is 3.47. The maximum absolute atomic E-state index is 2.36. The molecule has 0 aromatic rings. The van der Waals surface area contributed by atoms with E-state index in [9.17, 15) is 0 Å². The van der Waals surface area contributed by atoms with Crippen molar-refractivity contribution in [3.8, 4) is 0 Å². The average Bonchev–Trinajstić information content (AvgIpc) is 2.46. The summed E-state index contributed by atoms with van der Waals surface area (Å²) in [6.45, 7) is 4.62. The highest BCUT2D eigenvalue weighted by atomic mass is 15.3. The predicted octanol–water partition coefficient (Wildman–Crippen LogP) is 6.95. The predicted molar refractivity (Wildman–Crippen MR) is 102 cm³/mol. The summed E-state index contributed by atoms with van der Waals surface area (Å²) < 4.78 is 1.14. The van der Waals surface area contributed by atoms with Gasteiger partial charge in [-0.05, 0) is 19.3 Å². The molecule has 0 rings (SSSR count). The summed E-state index contributed by atoms with van der Waals surface area (Å²) in [5, 5.41) is 0. The van der Waals surface area contributed by atoms with Crippen LogP contribution in [0.3, 0.4) is 0 Å². The van der Waals surface area contributed by atoms with Crippen LogP contribution in [0.5, 0.6) is 0 Å². The smallest absolute Gasteiger partial charge is 0.0884 e. The van der Waals surface area contributed by atoms with E-state index in [1.807, 2.05) is 0 Å². The topological polar surface area (TPSA) is 0 Å². The number of quaternary nitrogens is 1. The van der Waals surface area contributed by atoms with Crippen molar-refractivity contribution >= 4 is 0 Å². The van der Waals surface area contributed by atoms with Gasteiger partial charge in [0.2, 0.25) is 0 Å². The monoisotopic (exact) mass is 312 g/mol. The van der Waals surface area contributed by atoms with E-state index in [-0.39, 0.29) is 0 Å². The van der Waals surface area contributed by atoms with Crippen LogP contribution in [0, 0.1) is 0 Å². The molecule has 1 heteroatoms. The molecule has 0 bridgehead atoms. The first-order valence-electron chi connectivity index (χ1n) is 10.3. The lowest BCUT2D eigenvalue weighted by Crippen LogP contribution is -2.44. The van der Waals surface area contributed by atoms with Gasteiger partial charge in [0.1, 0.15) is 0 Å². The van der Waals surface area contributed by atoms with Gasteiger partial charge in [-0.3, -0.25) is 0 Å². The second-order valence-electron chi connectivity index (χ2n) is 8.24. The van der Waals surface area contributed by atoms with Gasteiger partial charge in [-0.15, -0.1) is 0 Å². The summed E-state index contributed by atoms with van der Waals surface area (Å²) in [6, 6.07) is 0.869. The lowest BCUT2D eigenvalue weighted by Gasteiger charge is -2.34. The van der Waals surface area contributed by atoms with Crippen LogP contribution in [0.2, 0.25) is 0 Å². The fourth-order valence-corrected chi connectivity index (χ4v) is 3.47. The normalized spacial score (nSPS) is 13.5. The van der Waals surface area contributed by atoms with Gasteiger partial charge in [0, 0.05) is 0 Å². The van der Waals surface area contributed by atoms with Crippen LogP contribution < -0.4 is 0 Å². The number of hydrogen-bond acceptors (Lipinski definition) is 0. The van der Waals surface area contributed by atoms with E-state index in [0.717, 1.165) is 10.5 Å². The second-order valence-corrected chi connectivity index (χ2v) is 8.24. The molecule has 0 aromatic carbocycles. The fraction of sp³-hybridized carbons (Fsp3) is 1.00. The molecule has 0 aliphatic carbocycles. The van der Waals surface area contributed by atoms with E-state index < -0.39 is 0 Å². The van der Waals surface area contributed by atoms with Gasteiger partial charge in [0.25, 0.3) is 0 Å². The van der Waals surface area contributed by atoms with Crippen molar-refractivity contribution < 1.29 is 4.48 Å². The Morgan fingerprint density at radius 2 is 0.909 bits per heavy atom. The molecule has 0 saturated heterocycles. The van der Waals surface area contributed by atoms with E-state index in [4.69, 9.17) is 0 Å². The van der Waals surface area contributed by atoms with E-state index in [1.165, 1.54) is 96.3 Å². The zero-order valence-electron chi connectivity index (χ0n) is 16.6. The summed E-state index contributed by atoms with van der Waals surface area (Å²) in [5.74, 6) is 0. The first kappa shape index (κ1) is 22.0. The van der Waals surface area contributed by atoms with Crippen LogP contribution >= 0.6 is 0 Å². The van der Waals surface area contributed by atoms with Gasteiger partial charge >= 0.3 is 0 Å². The molecule has 22 heavy (non-hydrogen) atoms. The van der Waals surface area contributed by atoms with Gasteiger partial charge in [-0.25, -0.2) is 0 Å². The van der Waals surface area contributed by atoms with Crippen LogP contribution in [0.4, 0.5) is 0 Å². The lowest BCUT2D eigenvalue weighted by molar-refractivity contribution is -0.896. The minimum atomic E-state index is 0.869. The van der Waals surface area contributed by atoms with Gasteiger partial charge in [0.15, 0.2) is 0 Å². The second kappa shape index (κ2) is 14.5. The molecule has 0 fully saturated rings. The van der Waals surface area contributed by atoms with Gasteiger partial charge in [-0.1, -0.05) is 90.9 Å². The molecule has 0 aliphatic rings. The number of nitrogens with zero attached hydrogens (tertiary/aromatic N) is 1. The Balaban J connectivity index is 3.35. The summed E-state index contributed by atoms with van der Waals surface area (Å²) in [6.07, 6.45) is 21.6. The minimum absolute atomic E-state index is 0.869. The molecule has 0 saturated carbocycles. The average molecular weight is 313 g/mol. The summed E-state index contributed by atoms with van der Waals surface area (Å²) in [4.78, 5) is 0. The van der Waals surface area contributed by atoms with Crippen LogP contribution in [-0.4, -0.2) is 31.7 Å². The standard InChI is InChI=1S/C21H46N/c1-6-8-9-10-11-12-13-14-15-16-17-18-20-21(19-7-2)22(3,4)5/h21H,6-20H2,1-5H3/q+1. The Bertz CT molecular complexity index is 216. The Hall–Kier alpha value is -0.0400. The molecule has 1 atom stereocenters. The van der Waals surface area contributed by atoms with Crippen LogP contribution in [-0.2, 0) is 0 Å². The molecule has 1 nitrogen and oxygen atoms in total. The van der Waals surface area contributed by atoms with Crippen molar-refractivity contribution in [2.45, 2.75) is 116 Å². The third-order valence-electron chi connectivity index (χ3n) is 5.11. The maximum atomic E-state index is 2.36.